The van der Waals surface area contributed by atoms with Crippen LogP contribution in [0, 0.1) is 6.92 Å². The third kappa shape index (κ3) is 1.20. The zero-order chi connectivity index (χ0) is 9.30. The van der Waals surface area contributed by atoms with E-state index in [2.05, 4.69) is 5.10 Å². The smallest absolute Gasteiger partial charge is 0.341 e. The van der Waals surface area contributed by atoms with E-state index < -0.39 is 11.5 Å². The first-order chi connectivity index (χ1) is 5.54. The number of aromatic nitrogens is 2. The van der Waals surface area contributed by atoms with Crippen molar-refractivity contribution in [3.05, 3.63) is 27.7 Å². The molecule has 0 spiro atoms. The standard InChI is InChI=1S/C7H8N2O3/c1-4-3-8-9(2)6(10)5(4)7(11)12/h3H,1-2H3,(H,11,12). The van der Waals surface area contributed by atoms with Gasteiger partial charge < -0.3 is 5.11 Å². The van der Waals surface area contributed by atoms with Gasteiger partial charge in [0.2, 0.25) is 0 Å². The second kappa shape index (κ2) is 2.77. The lowest BCUT2D eigenvalue weighted by Crippen LogP contribution is -2.27. The average Bonchev–Trinajstić information content (AvgIpc) is 1.97. The number of carboxylic acids is 1. The van der Waals surface area contributed by atoms with Crippen molar-refractivity contribution in [3.8, 4) is 0 Å². The lowest BCUT2D eigenvalue weighted by atomic mass is 10.2. The van der Waals surface area contributed by atoms with Gasteiger partial charge in [-0.1, -0.05) is 0 Å². The zero-order valence-corrected chi connectivity index (χ0v) is 6.74. The van der Waals surface area contributed by atoms with Gasteiger partial charge in [0.05, 0.1) is 6.20 Å². The molecule has 0 saturated carbocycles. The fourth-order valence-corrected chi connectivity index (χ4v) is 0.881. The van der Waals surface area contributed by atoms with Gasteiger partial charge in [0.15, 0.2) is 0 Å². The Morgan fingerprint density at radius 2 is 2.25 bits per heavy atom. The first kappa shape index (κ1) is 8.45. The first-order valence-electron chi connectivity index (χ1n) is 3.30. The second-order valence-corrected chi connectivity index (χ2v) is 2.44. The Labute approximate surface area is 68.3 Å². The Hall–Kier alpha value is -1.65. The monoisotopic (exact) mass is 168 g/mol. The second-order valence-electron chi connectivity index (χ2n) is 2.44. The molecule has 1 rings (SSSR count). The lowest BCUT2D eigenvalue weighted by Gasteiger charge is -2.00. The number of nitrogens with zero attached hydrogens (tertiary/aromatic N) is 2. The van der Waals surface area contributed by atoms with E-state index in [9.17, 15) is 9.59 Å². The summed E-state index contributed by atoms with van der Waals surface area (Å²) in [7, 11) is 1.41. The Morgan fingerprint density at radius 3 is 2.67 bits per heavy atom. The number of aryl methyl sites for hydroxylation is 2. The largest absolute Gasteiger partial charge is 0.477 e. The molecule has 0 radical (unpaired) electrons. The van der Waals surface area contributed by atoms with E-state index in [4.69, 9.17) is 5.11 Å². The zero-order valence-electron chi connectivity index (χ0n) is 6.74. The summed E-state index contributed by atoms with van der Waals surface area (Å²) in [4.78, 5) is 21.7. The SMILES string of the molecule is Cc1cnn(C)c(=O)c1C(=O)O. The summed E-state index contributed by atoms with van der Waals surface area (Å²) in [6.07, 6.45) is 1.35. The van der Waals surface area contributed by atoms with Crippen molar-refractivity contribution in [1.82, 2.24) is 9.78 Å². The van der Waals surface area contributed by atoms with E-state index in [1.807, 2.05) is 0 Å². The summed E-state index contributed by atoms with van der Waals surface area (Å²) in [5.41, 5.74) is -0.416. The summed E-state index contributed by atoms with van der Waals surface area (Å²) in [6, 6.07) is 0. The van der Waals surface area contributed by atoms with Crippen molar-refractivity contribution >= 4 is 5.97 Å². The van der Waals surface area contributed by atoms with Gasteiger partial charge in [0.25, 0.3) is 5.56 Å². The van der Waals surface area contributed by atoms with Crippen molar-refractivity contribution in [2.45, 2.75) is 6.92 Å². The molecule has 0 saturated heterocycles. The van der Waals surface area contributed by atoms with E-state index in [1.165, 1.54) is 20.2 Å². The van der Waals surface area contributed by atoms with Gasteiger partial charge in [-0.2, -0.15) is 5.10 Å². The van der Waals surface area contributed by atoms with Crippen molar-refractivity contribution in [3.63, 3.8) is 0 Å². The molecule has 5 heteroatoms. The van der Waals surface area contributed by atoms with Crippen molar-refractivity contribution in [2.75, 3.05) is 0 Å². The van der Waals surface area contributed by atoms with E-state index >= 15 is 0 Å². The van der Waals surface area contributed by atoms with Crippen LogP contribution in [0.25, 0.3) is 0 Å². The molecular weight excluding hydrogens is 160 g/mol. The molecular formula is C7H8N2O3. The summed E-state index contributed by atoms with van der Waals surface area (Å²) < 4.78 is 0.996. The van der Waals surface area contributed by atoms with Crippen LogP contribution in [-0.2, 0) is 7.05 Å². The van der Waals surface area contributed by atoms with Crippen molar-refractivity contribution < 1.29 is 9.90 Å². The number of carbonyl (C=O) groups is 1. The molecule has 5 nitrogen and oxygen atoms in total. The quantitative estimate of drug-likeness (QED) is 0.629. The Bertz CT molecular complexity index is 381. The van der Waals surface area contributed by atoms with E-state index in [-0.39, 0.29) is 5.56 Å². The maximum atomic E-state index is 11.2. The Morgan fingerprint density at radius 1 is 1.67 bits per heavy atom. The minimum Gasteiger partial charge on any atom is -0.477 e. The molecule has 0 unspecified atom stereocenters. The van der Waals surface area contributed by atoms with Gasteiger partial charge in [0.1, 0.15) is 5.56 Å². The van der Waals surface area contributed by atoms with Crippen LogP contribution in [0.2, 0.25) is 0 Å². The van der Waals surface area contributed by atoms with Crippen molar-refractivity contribution in [2.24, 2.45) is 7.05 Å². The molecule has 1 aromatic heterocycles. The molecule has 0 aromatic carbocycles. The highest BCUT2D eigenvalue weighted by Gasteiger charge is 2.13. The summed E-state index contributed by atoms with van der Waals surface area (Å²) in [5, 5.41) is 12.3. The van der Waals surface area contributed by atoms with Gasteiger partial charge >= 0.3 is 5.97 Å². The molecule has 12 heavy (non-hydrogen) atoms. The fourth-order valence-electron chi connectivity index (χ4n) is 0.881. The molecule has 0 fully saturated rings. The molecule has 0 amide bonds. The lowest BCUT2D eigenvalue weighted by molar-refractivity contribution is 0.0693. The molecule has 0 atom stereocenters. The van der Waals surface area contributed by atoms with Crippen LogP contribution in [-0.4, -0.2) is 20.9 Å². The third-order valence-electron chi connectivity index (χ3n) is 1.54. The van der Waals surface area contributed by atoms with Gasteiger partial charge in [-0.25, -0.2) is 9.48 Å². The Balaban J connectivity index is 3.55. The predicted molar refractivity (Wildman–Crippen MR) is 41.2 cm³/mol. The maximum Gasteiger partial charge on any atom is 0.341 e. The van der Waals surface area contributed by atoms with Gasteiger partial charge in [-0.3, -0.25) is 4.79 Å². The van der Waals surface area contributed by atoms with Crippen LogP contribution in [0.1, 0.15) is 15.9 Å². The first-order valence-corrected chi connectivity index (χ1v) is 3.30. The van der Waals surface area contributed by atoms with Crippen LogP contribution < -0.4 is 5.56 Å². The molecule has 0 aliphatic carbocycles. The summed E-state index contributed by atoms with van der Waals surface area (Å²) >= 11 is 0. The maximum absolute atomic E-state index is 11.2. The van der Waals surface area contributed by atoms with Crippen LogP contribution in [0.15, 0.2) is 11.0 Å². The van der Waals surface area contributed by atoms with Gasteiger partial charge in [-0.05, 0) is 12.5 Å². The van der Waals surface area contributed by atoms with E-state index in [1.54, 1.807) is 0 Å². The highest BCUT2D eigenvalue weighted by molar-refractivity contribution is 5.88. The molecule has 1 heterocycles. The number of rotatable bonds is 1. The minimum absolute atomic E-state index is 0.215. The van der Waals surface area contributed by atoms with Crippen LogP contribution in [0.5, 0.6) is 0 Å². The summed E-state index contributed by atoms with van der Waals surface area (Å²) in [5.74, 6) is -1.21. The normalized spacial score (nSPS) is 9.83. The fraction of sp³-hybridized carbons (Fsp3) is 0.286. The van der Waals surface area contributed by atoms with Crippen molar-refractivity contribution in [1.29, 1.82) is 0 Å². The molecule has 1 N–H and O–H groups in total. The molecule has 64 valence electrons. The van der Waals surface area contributed by atoms with E-state index in [0.29, 0.717) is 5.56 Å². The number of hydrogen-bond acceptors (Lipinski definition) is 3. The highest BCUT2D eigenvalue weighted by Crippen LogP contribution is 1.98. The van der Waals surface area contributed by atoms with Gasteiger partial charge in [-0.15, -0.1) is 0 Å². The van der Waals surface area contributed by atoms with E-state index in [0.717, 1.165) is 4.68 Å². The third-order valence-corrected chi connectivity index (χ3v) is 1.54. The number of aromatic carboxylic acids is 1. The van der Waals surface area contributed by atoms with Crippen LogP contribution >= 0.6 is 0 Å². The van der Waals surface area contributed by atoms with Crippen LogP contribution in [0.3, 0.4) is 0 Å². The predicted octanol–water partition coefficient (Wildman–Crippen LogP) is -0.213. The summed E-state index contributed by atoms with van der Waals surface area (Å²) in [6.45, 7) is 1.54. The molecule has 0 aliphatic rings. The van der Waals surface area contributed by atoms with Crippen LogP contribution in [0.4, 0.5) is 0 Å². The number of carboxylic acid groups (broad SMARTS) is 1. The average molecular weight is 168 g/mol. The Kier molecular flexibility index (Phi) is 1.95. The minimum atomic E-state index is -1.21. The molecule has 0 bridgehead atoms. The number of hydrogen-bond donors (Lipinski definition) is 1. The topological polar surface area (TPSA) is 72.2 Å². The molecule has 0 aliphatic heterocycles. The molecule has 1 aromatic rings. The highest BCUT2D eigenvalue weighted by atomic mass is 16.4. The van der Waals surface area contributed by atoms with Gasteiger partial charge in [0, 0.05) is 7.05 Å².